The van der Waals surface area contributed by atoms with E-state index in [1.54, 1.807) is 12.3 Å². The molecule has 0 radical (unpaired) electrons. The maximum Gasteiger partial charge on any atom is 0.282 e. The van der Waals surface area contributed by atoms with Crippen LogP contribution in [0.25, 0.3) is 11.4 Å². The molecule has 4 aromatic rings. The number of carbonyl (C=O) groups excluding carboxylic acids is 1. The fraction of sp³-hybridized carbons (Fsp3) is 0.211. The number of nitrogens with one attached hydrogen (secondary N) is 1. The van der Waals surface area contributed by atoms with Gasteiger partial charge in [0.05, 0.1) is 17.6 Å². The molecule has 0 saturated carbocycles. The summed E-state index contributed by atoms with van der Waals surface area (Å²) in [6, 6.07) is 9.79. The van der Waals surface area contributed by atoms with E-state index in [-0.39, 0.29) is 5.91 Å². The van der Waals surface area contributed by atoms with E-state index in [0.29, 0.717) is 33.3 Å². The minimum atomic E-state index is -0.246. The molecule has 154 valence electrons. The molecule has 0 aliphatic rings. The van der Waals surface area contributed by atoms with Crippen molar-refractivity contribution < 1.29 is 9.21 Å². The Morgan fingerprint density at radius 1 is 1.17 bits per heavy atom. The molecule has 0 saturated heterocycles. The first-order chi connectivity index (χ1) is 14.5. The number of aryl methyl sites for hydroxylation is 2. The average molecular weight is 442 g/mol. The summed E-state index contributed by atoms with van der Waals surface area (Å²) in [5.41, 5.74) is 3.00. The molecule has 0 fully saturated rings. The summed E-state index contributed by atoms with van der Waals surface area (Å²) in [5, 5.41) is 20.8. The third-order valence-electron chi connectivity index (χ3n) is 4.32. The minimum Gasteiger partial charge on any atom is -0.469 e. The molecule has 0 atom stereocenters. The van der Waals surface area contributed by atoms with Crippen molar-refractivity contribution >= 4 is 29.0 Å². The van der Waals surface area contributed by atoms with Crippen molar-refractivity contribution in [3.63, 3.8) is 0 Å². The predicted molar refractivity (Wildman–Crippen MR) is 114 cm³/mol. The van der Waals surface area contributed by atoms with Crippen LogP contribution in [0.4, 0.5) is 0 Å². The zero-order valence-electron chi connectivity index (χ0n) is 16.3. The van der Waals surface area contributed by atoms with Gasteiger partial charge >= 0.3 is 0 Å². The summed E-state index contributed by atoms with van der Waals surface area (Å²) in [7, 11) is 0. The van der Waals surface area contributed by atoms with Crippen LogP contribution in [0.1, 0.15) is 31.7 Å². The Labute approximate surface area is 180 Å². The van der Waals surface area contributed by atoms with Crippen LogP contribution < -0.4 is 11.2 Å². The second-order valence-electron chi connectivity index (χ2n) is 6.52. The monoisotopic (exact) mass is 441 g/mol. The Hall–Kier alpha value is -3.18. The molecule has 11 heteroatoms. The molecule has 30 heavy (non-hydrogen) atoms. The summed E-state index contributed by atoms with van der Waals surface area (Å²) in [6.07, 6.45) is 1.58. The van der Waals surface area contributed by atoms with Gasteiger partial charge in [-0.15, -0.1) is 20.4 Å². The zero-order chi connectivity index (χ0) is 21.1. The number of nitrogen functional groups attached to an aromatic ring is 1. The van der Waals surface area contributed by atoms with Gasteiger partial charge in [0.25, 0.3) is 5.91 Å². The van der Waals surface area contributed by atoms with E-state index in [1.807, 2.05) is 38.1 Å². The summed E-state index contributed by atoms with van der Waals surface area (Å²) in [6.45, 7) is 4.30. The van der Waals surface area contributed by atoms with E-state index >= 15 is 0 Å². The van der Waals surface area contributed by atoms with Gasteiger partial charge in [-0.2, -0.15) is 0 Å². The molecule has 4 rings (SSSR count). The molecule has 0 aliphatic heterocycles. The molecular formula is C19H19N7O2S2. The maximum atomic E-state index is 12.3. The predicted octanol–water partition coefficient (Wildman–Crippen LogP) is 2.94. The van der Waals surface area contributed by atoms with Crippen LogP contribution in [-0.2, 0) is 12.3 Å². The van der Waals surface area contributed by atoms with Gasteiger partial charge in [0.2, 0.25) is 10.2 Å². The first-order valence-corrected chi connectivity index (χ1v) is 10.9. The highest BCUT2D eigenvalue weighted by atomic mass is 32.2. The second-order valence-corrected chi connectivity index (χ2v) is 8.53. The number of carbonyl (C=O) groups is 1. The fourth-order valence-electron chi connectivity index (χ4n) is 2.67. The third-order valence-corrected chi connectivity index (χ3v) is 6.38. The molecule has 0 bridgehead atoms. The number of amides is 1. The van der Waals surface area contributed by atoms with Crippen molar-refractivity contribution in [2.45, 2.75) is 31.3 Å². The van der Waals surface area contributed by atoms with Gasteiger partial charge in [-0.3, -0.25) is 4.79 Å². The largest absolute Gasteiger partial charge is 0.469 e. The lowest BCUT2D eigenvalue weighted by Gasteiger charge is -2.03. The molecule has 1 aromatic carbocycles. The number of aromatic nitrogens is 5. The summed E-state index contributed by atoms with van der Waals surface area (Å²) < 4.78 is 6.71. The second kappa shape index (κ2) is 8.67. The lowest BCUT2D eigenvalue weighted by molar-refractivity contribution is 0.0950. The molecule has 0 unspecified atom stereocenters. The topological polar surface area (TPSA) is 125 Å². The summed E-state index contributed by atoms with van der Waals surface area (Å²) in [4.78, 5) is 12.3. The van der Waals surface area contributed by atoms with E-state index in [2.05, 4.69) is 25.7 Å². The highest BCUT2D eigenvalue weighted by Gasteiger charge is 2.17. The molecular weight excluding hydrogens is 422 g/mol. The number of rotatable bonds is 7. The van der Waals surface area contributed by atoms with E-state index in [4.69, 9.17) is 10.3 Å². The smallest absolute Gasteiger partial charge is 0.282 e. The minimum absolute atomic E-state index is 0.246. The number of furan rings is 1. The van der Waals surface area contributed by atoms with Gasteiger partial charge in [0, 0.05) is 6.54 Å². The van der Waals surface area contributed by atoms with Crippen molar-refractivity contribution in [1.29, 1.82) is 0 Å². The normalized spacial score (nSPS) is 11.0. The van der Waals surface area contributed by atoms with Crippen LogP contribution in [-0.4, -0.2) is 31.0 Å². The van der Waals surface area contributed by atoms with Gasteiger partial charge < -0.3 is 15.6 Å². The molecule has 9 nitrogen and oxygen atoms in total. The number of thioether (sulfide) groups is 1. The van der Waals surface area contributed by atoms with Gasteiger partial charge in [0.15, 0.2) is 5.82 Å². The molecule has 3 heterocycles. The lowest BCUT2D eigenvalue weighted by atomic mass is 10.1. The zero-order valence-corrected chi connectivity index (χ0v) is 18.0. The van der Waals surface area contributed by atoms with Crippen molar-refractivity contribution in [3.8, 4) is 11.4 Å². The number of hydrogen-bond acceptors (Lipinski definition) is 9. The highest BCUT2D eigenvalue weighted by Crippen LogP contribution is 2.27. The van der Waals surface area contributed by atoms with E-state index in [9.17, 15) is 4.79 Å². The van der Waals surface area contributed by atoms with E-state index in [0.717, 1.165) is 16.9 Å². The standard InChI is InChI=1S/C19H19N7O2S2/c1-11-3-5-13(6-4-11)9-21-17(27)18-24-22-15(30-18)10-29-19-25-23-16(26(19)20)14-7-8-28-12(14)2/h3-8H,9-10,20H2,1-2H3,(H,21,27). The molecule has 0 spiro atoms. The molecule has 3 N–H and O–H groups in total. The Kier molecular flexibility index (Phi) is 5.81. The van der Waals surface area contributed by atoms with Gasteiger partial charge in [-0.05, 0) is 25.5 Å². The van der Waals surface area contributed by atoms with Crippen LogP contribution in [0.5, 0.6) is 0 Å². The lowest BCUT2D eigenvalue weighted by Crippen LogP contribution is -2.22. The summed E-state index contributed by atoms with van der Waals surface area (Å²) >= 11 is 2.61. The highest BCUT2D eigenvalue weighted by molar-refractivity contribution is 7.98. The maximum absolute atomic E-state index is 12.3. The quantitative estimate of drug-likeness (QED) is 0.331. The number of nitrogens with two attached hydrogens (primary N) is 1. The van der Waals surface area contributed by atoms with Crippen LogP contribution >= 0.6 is 23.1 Å². The van der Waals surface area contributed by atoms with Gasteiger partial charge in [-0.1, -0.05) is 52.9 Å². The molecule has 1 amide bonds. The Balaban J connectivity index is 1.35. The van der Waals surface area contributed by atoms with Crippen LogP contribution in [0.15, 0.2) is 46.2 Å². The van der Waals surface area contributed by atoms with Crippen molar-refractivity contribution in [3.05, 3.63) is 63.5 Å². The van der Waals surface area contributed by atoms with Crippen molar-refractivity contribution in [1.82, 2.24) is 30.4 Å². The average Bonchev–Trinajstić information content (AvgIpc) is 3.46. The number of nitrogens with zero attached hydrogens (tertiary/aromatic N) is 5. The van der Waals surface area contributed by atoms with E-state index in [1.165, 1.54) is 33.3 Å². The molecule has 0 aliphatic carbocycles. The van der Waals surface area contributed by atoms with Gasteiger partial charge in [-0.25, -0.2) is 4.68 Å². The van der Waals surface area contributed by atoms with Crippen molar-refractivity contribution in [2.24, 2.45) is 0 Å². The number of benzene rings is 1. The first-order valence-electron chi connectivity index (χ1n) is 9.05. The summed E-state index contributed by atoms with van der Waals surface area (Å²) in [5.74, 6) is 7.59. The Morgan fingerprint density at radius 3 is 2.70 bits per heavy atom. The Bertz CT molecular complexity index is 1160. The van der Waals surface area contributed by atoms with Crippen LogP contribution in [0, 0.1) is 13.8 Å². The third kappa shape index (κ3) is 4.36. The number of hydrogen-bond donors (Lipinski definition) is 2. The molecule has 3 aromatic heterocycles. The van der Waals surface area contributed by atoms with Crippen molar-refractivity contribution in [2.75, 3.05) is 5.84 Å². The van der Waals surface area contributed by atoms with Crippen LogP contribution in [0.2, 0.25) is 0 Å². The first kappa shape index (κ1) is 20.1. The fourth-order valence-corrected chi connectivity index (χ4v) is 4.27. The Morgan fingerprint density at radius 2 is 1.97 bits per heavy atom. The SMILES string of the molecule is Cc1ccc(CNC(=O)c2nnc(CSc3nnc(-c4ccoc4C)n3N)s2)cc1. The van der Waals surface area contributed by atoms with Gasteiger partial charge in [0.1, 0.15) is 10.8 Å². The van der Waals surface area contributed by atoms with Crippen LogP contribution in [0.3, 0.4) is 0 Å². The van der Waals surface area contributed by atoms with E-state index < -0.39 is 0 Å².